The van der Waals surface area contributed by atoms with Crippen LogP contribution in [0.4, 0.5) is 0 Å². The number of aliphatic hydroxyl groups is 1. The Balaban J connectivity index is 1.84. The first-order valence-corrected chi connectivity index (χ1v) is 6.38. The molecule has 0 aromatic heterocycles. The SMILES string of the molecule is CC(C(=O)NCc1cccc(CO)c1)C1CNC1. The lowest BCUT2D eigenvalue weighted by molar-refractivity contribution is -0.126. The van der Waals surface area contributed by atoms with Crippen molar-refractivity contribution in [3.63, 3.8) is 0 Å². The predicted octanol–water partition coefficient (Wildman–Crippen LogP) is 0.651. The highest BCUT2D eigenvalue weighted by molar-refractivity contribution is 5.78. The number of nitrogens with one attached hydrogen (secondary N) is 2. The molecule has 3 N–H and O–H groups in total. The molecule has 1 saturated heterocycles. The van der Waals surface area contributed by atoms with Gasteiger partial charge in [-0.2, -0.15) is 0 Å². The molecule has 1 atom stereocenters. The maximum Gasteiger partial charge on any atom is 0.223 e. The van der Waals surface area contributed by atoms with E-state index in [1.54, 1.807) is 0 Å². The van der Waals surface area contributed by atoms with Gasteiger partial charge >= 0.3 is 0 Å². The third-order valence-electron chi connectivity index (χ3n) is 3.57. The number of aliphatic hydroxyl groups excluding tert-OH is 1. The minimum atomic E-state index is 0.0337. The van der Waals surface area contributed by atoms with Crippen molar-refractivity contribution < 1.29 is 9.90 Å². The zero-order valence-corrected chi connectivity index (χ0v) is 10.6. The van der Waals surface area contributed by atoms with Crippen LogP contribution in [0.3, 0.4) is 0 Å². The van der Waals surface area contributed by atoms with E-state index in [9.17, 15) is 4.79 Å². The molecule has 0 radical (unpaired) electrons. The topological polar surface area (TPSA) is 61.4 Å². The van der Waals surface area contributed by atoms with Crippen LogP contribution in [0.5, 0.6) is 0 Å². The summed E-state index contributed by atoms with van der Waals surface area (Å²) in [5.74, 6) is 0.636. The Kier molecular flexibility index (Phi) is 4.33. The molecular weight excluding hydrogens is 228 g/mol. The Bertz CT molecular complexity index is 416. The van der Waals surface area contributed by atoms with E-state index in [1.807, 2.05) is 31.2 Å². The smallest absolute Gasteiger partial charge is 0.223 e. The number of amides is 1. The van der Waals surface area contributed by atoms with Gasteiger partial charge in [-0.3, -0.25) is 4.79 Å². The molecule has 18 heavy (non-hydrogen) atoms. The van der Waals surface area contributed by atoms with Gasteiger partial charge in [0.1, 0.15) is 0 Å². The molecule has 0 saturated carbocycles. The van der Waals surface area contributed by atoms with Crippen molar-refractivity contribution in [2.24, 2.45) is 11.8 Å². The molecule has 4 heteroatoms. The van der Waals surface area contributed by atoms with Crippen LogP contribution in [0.25, 0.3) is 0 Å². The van der Waals surface area contributed by atoms with E-state index in [1.165, 1.54) is 0 Å². The van der Waals surface area contributed by atoms with Crippen molar-refractivity contribution in [1.29, 1.82) is 0 Å². The Morgan fingerprint density at radius 3 is 2.83 bits per heavy atom. The Morgan fingerprint density at radius 2 is 2.22 bits per heavy atom. The first-order valence-electron chi connectivity index (χ1n) is 6.38. The molecule has 1 unspecified atom stereocenters. The molecule has 0 aliphatic carbocycles. The molecule has 2 rings (SSSR count). The quantitative estimate of drug-likeness (QED) is 0.717. The van der Waals surface area contributed by atoms with Crippen LogP contribution in [-0.4, -0.2) is 24.1 Å². The molecule has 1 heterocycles. The minimum Gasteiger partial charge on any atom is -0.392 e. The molecule has 1 aliphatic rings. The van der Waals surface area contributed by atoms with Gasteiger partial charge in [-0.1, -0.05) is 31.2 Å². The van der Waals surface area contributed by atoms with E-state index in [0.29, 0.717) is 12.5 Å². The van der Waals surface area contributed by atoms with Gasteiger partial charge in [0.25, 0.3) is 0 Å². The average molecular weight is 248 g/mol. The molecule has 1 aromatic rings. The molecule has 1 fully saturated rings. The van der Waals surface area contributed by atoms with Crippen molar-refractivity contribution in [3.05, 3.63) is 35.4 Å². The van der Waals surface area contributed by atoms with Crippen LogP contribution >= 0.6 is 0 Å². The van der Waals surface area contributed by atoms with E-state index in [4.69, 9.17) is 5.11 Å². The Labute approximate surface area is 107 Å². The minimum absolute atomic E-state index is 0.0337. The number of carbonyl (C=O) groups is 1. The zero-order chi connectivity index (χ0) is 13.0. The molecular formula is C14H20N2O2. The van der Waals surface area contributed by atoms with Crippen molar-refractivity contribution in [1.82, 2.24) is 10.6 Å². The summed E-state index contributed by atoms with van der Waals surface area (Å²) >= 11 is 0. The van der Waals surface area contributed by atoms with Crippen molar-refractivity contribution in [2.75, 3.05) is 13.1 Å². The number of carbonyl (C=O) groups excluding carboxylic acids is 1. The number of hydrogen-bond acceptors (Lipinski definition) is 3. The molecule has 1 aliphatic heterocycles. The van der Waals surface area contributed by atoms with E-state index in [-0.39, 0.29) is 18.4 Å². The second-order valence-electron chi connectivity index (χ2n) is 4.90. The van der Waals surface area contributed by atoms with Crippen LogP contribution in [-0.2, 0) is 17.9 Å². The number of hydrogen-bond donors (Lipinski definition) is 3. The molecule has 0 spiro atoms. The second-order valence-corrected chi connectivity index (χ2v) is 4.90. The lowest BCUT2D eigenvalue weighted by Gasteiger charge is -2.31. The van der Waals surface area contributed by atoms with Gasteiger partial charge in [0, 0.05) is 12.5 Å². The third-order valence-corrected chi connectivity index (χ3v) is 3.57. The summed E-state index contributed by atoms with van der Waals surface area (Å²) in [5, 5.41) is 15.2. The van der Waals surface area contributed by atoms with Gasteiger partial charge in [-0.15, -0.1) is 0 Å². The fourth-order valence-corrected chi connectivity index (χ4v) is 2.07. The Morgan fingerprint density at radius 1 is 1.50 bits per heavy atom. The van der Waals surface area contributed by atoms with E-state index in [2.05, 4.69) is 10.6 Å². The number of benzene rings is 1. The van der Waals surface area contributed by atoms with Crippen LogP contribution in [0.2, 0.25) is 0 Å². The van der Waals surface area contributed by atoms with Crippen LogP contribution in [0, 0.1) is 11.8 Å². The summed E-state index contributed by atoms with van der Waals surface area (Å²) in [6, 6.07) is 7.63. The van der Waals surface area contributed by atoms with Crippen LogP contribution < -0.4 is 10.6 Å². The fourth-order valence-electron chi connectivity index (χ4n) is 2.07. The predicted molar refractivity (Wildman–Crippen MR) is 69.7 cm³/mol. The average Bonchev–Trinajstić information content (AvgIpc) is 2.34. The highest BCUT2D eigenvalue weighted by Gasteiger charge is 2.28. The highest BCUT2D eigenvalue weighted by atomic mass is 16.3. The van der Waals surface area contributed by atoms with Gasteiger partial charge in [0.05, 0.1) is 6.61 Å². The van der Waals surface area contributed by atoms with Gasteiger partial charge < -0.3 is 15.7 Å². The van der Waals surface area contributed by atoms with Gasteiger partial charge in [0.15, 0.2) is 0 Å². The maximum absolute atomic E-state index is 11.9. The normalized spacial score (nSPS) is 17.0. The summed E-state index contributed by atoms with van der Waals surface area (Å²) < 4.78 is 0. The van der Waals surface area contributed by atoms with Crippen molar-refractivity contribution in [3.8, 4) is 0 Å². The van der Waals surface area contributed by atoms with E-state index < -0.39 is 0 Å². The highest BCUT2D eigenvalue weighted by Crippen LogP contribution is 2.16. The number of rotatable bonds is 5. The summed E-state index contributed by atoms with van der Waals surface area (Å²) in [7, 11) is 0. The van der Waals surface area contributed by atoms with Crippen LogP contribution in [0.1, 0.15) is 18.1 Å². The zero-order valence-electron chi connectivity index (χ0n) is 10.6. The molecule has 4 nitrogen and oxygen atoms in total. The standard InChI is InChI=1S/C14H20N2O2/c1-10(13-7-15-8-13)14(18)16-6-11-3-2-4-12(5-11)9-17/h2-5,10,13,15,17H,6-9H2,1H3,(H,16,18). The fraction of sp³-hybridized carbons (Fsp3) is 0.500. The second kappa shape index (κ2) is 5.98. The third kappa shape index (κ3) is 3.09. The maximum atomic E-state index is 11.9. The van der Waals surface area contributed by atoms with Gasteiger partial charge in [-0.25, -0.2) is 0 Å². The lowest BCUT2D eigenvalue weighted by Crippen LogP contribution is -2.49. The lowest BCUT2D eigenvalue weighted by atomic mass is 9.88. The first kappa shape index (κ1) is 13.1. The molecule has 98 valence electrons. The molecule has 1 aromatic carbocycles. The monoisotopic (exact) mass is 248 g/mol. The van der Waals surface area contributed by atoms with Gasteiger partial charge in [-0.05, 0) is 30.1 Å². The van der Waals surface area contributed by atoms with Crippen LogP contribution in [0.15, 0.2) is 24.3 Å². The summed E-state index contributed by atoms with van der Waals surface area (Å²) in [6.45, 7) is 4.41. The summed E-state index contributed by atoms with van der Waals surface area (Å²) in [5.41, 5.74) is 1.90. The summed E-state index contributed by atoms with van der Waals surface area (Å²) in [6.07, 6.45) is 0. The van der Waals surface area contributed by atoms with Gasteiger partial charge in [0.2, 0.25) is 5.91 Å². The molecule has 0 bridgehead atoms. The molecule has 1 amide bonds. The van der Waals surface area contributed by atoms with Crippen molar-refractivity contribution in [2.45, 2.75) is 20.1 Å². The first-order chi connectivity index (χ1) is 8.70. The summed E-state index contributed by atoms with van der Waals surface area (Å²) in [4.78, 5) is 11.9. The van der Waals surface area contributed by atoms with Crippen molar-refractivity contribution >= 4 is 5.91 Å². The Hall–Kier alpha value is -1.39. The van der Waals surface area contributed by atoms with E-state index in [0.717, 1.165) is 24.2 Å². The van der Waals surface area contributed by atoms with E-state index >= 15 is 0 Å². The largest absolute Gasteiger partial charge is 0.392 e.